The fourth-order valence-corrected chi connectivity index (χ4v) is 0.771. The molecule has 1 aliphatic rings. The molecule has 0 aromatic carbocycles. The molecule has 1 saturated heterocycles. The molecule has 43 valence electrons. The standard InChI is InChI=1S/C5H8N3/c1-8-5(4-6)2-3-7-8/h5H,2-3H2,1H3. The SMILES string of the molecule is CN1[N]CCC1C#N. The summed E-state index contributed by atoms with van der Waals surface area (Å²) in [5, 5.41) is 10.1. The van der Waals surface area contributed by atoms with Crippen LogP contribution in [-0.2, 0) is 0 Å². The van der Waals surface area contributed by atoms with E-state index in [1.165, 1.54) is 0 Å². The van der Waals surface area contributed by atoms with Gasteiger partial charge in [-0.15, -0.1) is 0 Å². The molecule has 1 radical (unpaired) electrons. The van der Waals surface area contributed by atoms with E-state index in [1.54, 1.807) is 5.01 Å². The number of rotatable bonds is 0. The van der Waals surface area contributed by atoms with Crippen LogP contribution in [0.1, 0.15) is 6.42 Å². The summed E-state index contributed by atoms with van der Waals surface area (Å²) in [4.78, 5) is 0. The smallest absolute Gasteiger partial charge is 0.114 e. The van der Waals surface area contributed by atoms with E-state index in [0.29, 0.717) is 0 Å². The molecule has 0 saturated carbocycles. The zero-order valence-electron chi connectivity index (χ0n) is 4.83. The topological polar surface area (TPSA) is 41.1 Å². The minimum atomic E-state index is 0.0370. The Morgan fingerprint density at radius 2 is 2.62 bits per heavy atom. The maximum absolute atomic E-state index is 8.38. The molecule has 3 heteroatoms. The maximum atomic E-state index is 8.38. The monoisotopic (exact) mass is 110 g/mol. The van der Waals surface area contributed by atoms with Crippen molar-refractivity contribution in [3.63, 3.8) is 0 Å². The first kappa shape index (κ1) is 5.54. The maximum Gasteiger partial charge on any atom is 0.114 e. The second-order valence-corrected chi connectivity index (χ2v) is 1.87. The second-order valence-electron chi connectivity index (χ2n) is 1.87. The van der Waals surface area contributed by atoms with Gasteiger partial charge in [-0.05, 0) is 6.42 Å². The van der Waals surface area contributed by atoms with Crippen LogP contribution in [0.25, 0.3) is 0 Å². The van der Waals surface area contributed by atoms with Crippen molar-refractivity contribution in [1.29, 1.82) is 5.26 Å². The molecule has 1 rings (SSSR count). The Labute approximate surface area is 48.9 Å². The van der Waals surface area contributed by atoms with Crippen molar-refractivity contribution < 1.29 is 0 Å². The number of hydrogen-bond donors (Lipinski definition) is 0. The Balaban J connectivity index is 2.45. The summed E-state index contributed by atoms with van der Waals surface area (Å²) in [6.45, 7) is 0.814. The third-order valence-corrected chi connectivity index (χ3v) is 1.33. The zero-order valence-corrected chi connectivity index (χ0v) is 4.83. The molecule has 0 bridgehead atoms. The molecule has 1 heterocycles. The highest BCUT2D eigenvalue weighted by Crippen LogP contribution is 2.04. The van der Waals surface area contributed by atoms with Crippen LogP contribution >= 0.6 is 0 Å². The summed E-state index contributed by atoms with van der Waals surface area (Å²) in [5.74, 6) is 0. The van der Waals surface area contributed by atoms with Crippen LogP contribution in [0.15, 0.2) is 0 Å². The predicted octanol–water partition coefficient (Wildman–Crippen LogP) is -0.267. The van der Waals surface area contributed by atoms with Crippen molar-refractivity contribution in [2.75, 3.05) is 13.6 Å². The minimum absolute atomic E-state index is 0.0370. The van der Waals surface area contributed by atoms with E-state index in [0.717, 1.165) is 13.0 Å². The first-order valence-electron chi connectivity index (χ1n) is 2.64. The van der Waals surface area contributed by atoms with E-state index >= 15 is 0 Å². The molecule has 3 nitrogen and oxygen atoms in total. The fraction of sp³-hybridized carbons (Fsp3) is 0.800. The van der Waals surface area contributed by atoms with Crippen LogP contribution in [0.2, 0.25) is 0 Å². The van der Waals surface area contributed by atoms with E-state index in [-0.39, 0.29) is 6.04 Å². The molecule has 1 aliphatic heterocycles. The molecule has 0 aromatic heterocycles. The summed E-state index contributed by atoms with van der Waals surface area (Å²) >= 11 is 0. The molecule has 1 atom stereocenters. The molecule has 1 unspecified atom stereocenters. The lowest BCUT2D eigenvalue weighted by atomic mass is 10.3. The average molecular weight is 110 g/mol. The summed E-state index contributed by atoms with van der Waals surface area (Å²) in [7, 11) is 1.83. The summed E-state index contributed by atoms with van der Waals surface area (Å²) in [5.41, 5.74) is 4.00. The Hall–Kier alpha value is -0.590. The molecule has 8 heavy (non-hydrogen) atoms. The van der Waals surface area contributed by atoms with Gasteiger partial charge in [-0.25, -0.2) is 5.01 Å². The van der Waals surface area contributed by atoms with Crippen molar-refractivity contribution >= 4 is 0 Å². The van der Waals surface area contributed by atoms with Gasteiger partial charge in [0.05, 0.1) is 6.07 Å². The highest BCUT2D eigenvalue weighted by molar-refractivity contribution is 4.92. The number of hydrogen-bond acceptors (Lipinski definition) is 2. The highest BCUT2D eigenvalue weighted by Gasteiger charge is 2.20. The van der Waals surface area contributed by atoms with Gasteiger partial charge in [-0.1, -0.05) is 0 Å². The minimum Gasteiger partial charge on any atom is -0.213 e. The first-order chi connectivity index (χ1) is 3.84. The lowest BCUT2D eigenvalue weighted by Crippen LogP contribution is -2.26. The molecular formula is C5H8N3. The molecule has 1 fully saturated rings. The fourth-order valence-electron chi connectivity index (χ4n) is 0.771. The molecular weight excluding hydrogens is 102 g/mol. The number of nitrogens with zero attached hydrogens (tertiary/aromatic N) is 3. The van der Waals surface area contributed by atoms with Crippen molar-refractivity contribution in [3.8, 4) is 6.07 Å². The summed E-state index contributed by atoms with van der Waals surface area (Å²) in [6.07, 6.45) is 0.896. The zero-order chi connectivity index (χ0) is 5.98. The van der Waals surface area contributed by atoms with Gasteiger partial charge in [0.2, 0.25) is 0 Å². The predicted molar refractivity (Wildman–Crippen MR) is 28.8 cm³/mol. The Kier molecular flexibility index (Phi) is 1.47. The lowest BCUT2D eigenvalue weighted by molar-refractivity contribution is 0.267. The highest BCUT2D eigenvalue weighted by atomic mass is 15.5. The van der Waals surface area contributed by atoms with Crippen LogP contribution in [0, 0.1) is 11.3 Å². The van der Waals surface area contributed by atoms with Crippen molar-refractivity contribution in [2.45, 2.75) is 12.5 Å². The van der Waals surface area contributed by atoms with Crippen molar-refractivity contribution in [2.24, 2.45) is 0 Å². The van der Waals surface area contributed by atoms with Gasteiger partial charge in [0.15, 0.2) is 0 Å². The van der Waals surface area contributed by atoms with Gasteiger partial charge in [0.1, 0.15) is 6.04 Å². The average Bonchev–Trinajstić information content (AvgIpc) is 2.14. The molecule has 0 spiro atoms. The van der Waals surface area contributed by atoms with E-state index in [4.69, 9.17) is 5.26 Å². The molecule has 0 aliphatic carbocycles. The number of nitriles is 1. The van der Waals surface area contributed by atoms with E-state index in [2.05, 4.69) is 11.5 Å². The van der Waals surface area contributed by atoms with Crippen LogP contribution in [0.3, 0.4) is 0 Å². The van der Waals surface area contributed by atoms with E-state index < -0.39 is 0 Å². The normalized spacial score (nSPS) is 30.2. The van der Waals surface area contributed by atoms with Gasteiger partial charge < -0.3 is 0 Å². The first-order valence-corrected chi connectivity index (χ1v) is 2.64. The van der Waals surface area contributed by atoms with Crippen LogP contribution in [0.4, 0.5) is 0 Å². The summed E-state index contributed by atoms with van der Waals surface area (Å²) < 4.78 is 0. The summed E-state index contributed by atoms with van der Waals surface area (Å²) in [6, 6.07) is 2.18. The van der Waals surface area contributed by atoms with Crippen LogP contribution in [-0.4, -0.2) is 24.6 Å². The van der Waals surface area contributed by atoms with E-state index in [1.807, 2.05) is 7.05 Å². The lowest BCUT2D eigenvalue weighted by Gasteiger charge is -2.07. The van der Waals surface area contributed by atoms with Gasteiger partial charge >= 0.3 is 0 Å². The largest absolute Gasteiger partial charge is 0.213 e. The van der Waals surface area contributed by atoms with Crippen LogP contribution < -0.4 is 5.43 Å². The third-order valence-electron chi connectivity index (χ3n) is 1.33. The van der Waals surface area contributed by atoms with Gasteiger partial charge in [-0.2, -0.15) is 10.7 Å². The van der Waals surface area contributed by atoms with Crippen LogP contribution in [0.5, 0.6) is 0 Å². The third kappa shape index (κ3) is 0.808. The molecule has 0 aromatic rings. The van der Waals surface area contributed by atoms with Crippen molar-refractivity contribution in [1.82, 2.24) is 10.4 Å². The van der Waals surface area contributed by atoms with Gasteiger partial charge in [0.25, 0.3) is 0 Å². The van der Waals surface area contributed by atoms with Crippen molar-refractivity contribution in [3.05, 3.63) is 0 Å². The Bertz CT molecular complexity index is 115. The van der Waals surface area contributed by atoms with Gasteiger partial charge in [-0.3, -0.25) is 0 Å². The Morgan fingerprint density at radius 1 is 1.88 bits per heavy atom. The molecule has 0 N–H and O–H groups in total. The quantitative estimate of drug-likeness (QED) is 0.431. The Morgan fingerprint density at radius 3 is 2.88 bits per heavy atom. The second kappa shape index (κ2) is 2.12. The van der Waals surface area contributed by atoms with Gasteiger partial charge in [0, 0.05) is 13.6 Å². The van der Waals surface area contributed by atoms with E-state index in [9.17, 15) is 0 Å². The molecule has 0 amide bonds.